The van der Waals surface area contributed by atoms with Crippen LogP contribution in [0.3, 0.4) is 0 Å². The highest BCUT2D eigenvalue weighted by Crippen LogP contribution is 2.35. The van der Waals surface area contributed by atoms with Crippen molar-refractivity contribution in [2.75, 3.05) is 0 Å². The van der Waals surface area contributed by atoms with Gasteiger partial charge in [-0.2, -0.15) is 0 Å². The number of hydrogen-bond donors (Lipinski definition) is 0. The van der Waals surface area contributed by atoms with Gasteiger partial charge in [0.1, 0.15) is 11.3 Å². The molecule has 0 aliphatic heterocycles. The Morgan fingerprint density at radius 3 is 2.80 bits per heavy atom. The maximum absolute atomic E-state index is 6.11. The van der Waals surface area contributed by atoms with E-state index in [4.69, 9.17) is 4.42 Å². The van der Waals surface area contributed by atoms with E-state index in [9.17, 15) is 0 Å². The lowest BCUT2D eigenvalue weighted by Gasteiger charge is -2.07. The lowest BCUT2D eigenvalue weighted by molar-refractivity contribution is 0.506. The van der Waals surface area contributed by atoms with Gasteiger partial charge in [0.05, 0.1) is 5.69 Å². The van der Waals surface area contributed by atoms with Crippen LogP contribution >= 0.6 is 0 Å². The minimum Gasteiger partial charge on any atom is -0.458 e. The van der Waals surface area contributed by atoms with Crippen molar-refractivity contribution in [3.8, 4) is 11.3 Å². The van der Waals surface area contributed by atoms with E-state index in [1.807, 2.05) is 24.5 Å². The molecule has 0 saturated heterocycles. The number of pyridine rings is 2. The van der Waals surface area contributed by atoms with Crippen LogP contribution in [0.15, 0.2) is 35.0 Å². The summed E-state index contributed by atoms with van der Waals surface area (Å²) in [6.07, 6.45) is 8.28. The fraction of sp³-hybridized carbons (Fsp3) is 0.294. The third-order valence-electron chi connectivity index (χ3n) is 4.02. The van der Waals surface area contributed by atoms with Gasteiger partial charge in [0.25, 0.3) is 0 Å². The predicted molar refractivity (Wildman–Crippen MR) is 78.6 cm³/mol. The summed E-state index contributed by atoms with van der Waals surface area (Å²) < 4.78 is 6.11. The monoisotopic (exact) mass is 264 g/mol. The van der Waals surface area contributed by atoms with Gasteiger partial charge in [-0.3, -0.25) is 9.97 Å². The van der Waals surface area contributed by atoms with E-state index >= 15 is 0 Å². The van der Waals surface area contributed by atoms with Crippen molar-refractivity contribution < 1.29 is 4.42 Å². The summed E-state index contributed by atoms with van der Waals surface area (Å²) in [6, 6.07) is 6.10. The van der Waals surface area contributed by atoms with Crippen LogP contribution in [-0.2, 0) is 12.8 Å². The molecular weight excluding hydrogens is 248 g/mol. The summed E-state index contributed by atoms with van der Waals surface area (Å²) in [5.74, 6) is 1.12. The fourth-order valence-electron chi connectivity index (χ4n) is 3.02. The Balaban J connectivity index is 1.98. The first-order valence-corrected chi connectivity index (χ1v) is 7.15. The summed E-state index contributed by atoms with van der Waals surface area (Å²) in [4.78, 5) is 9.02. The Bertz CT molecular complexity index is 789. The van der Waals surface area contributed by atoms with Crippen LogP contribution in [0.2, 0.25) is 0 Å². The van der Waals surface area contributed by atoms with Gasteiger partial charge in [-0.25, -0.2) is 0 Å². The van der Waals surface area contributed by atoms with Gasteiger partial charge < -0.3 is 4.42 Å². The predicted octanol–water partition coefficient (Wildman–Crippen LogP) is 4.08. The Hall–Kier alpha value is -2.16. The van der Waals surface area contributed by atoms with Crippen LogP contribution in [0.4, 0.5) is 0 Å². The zero-order chi connectivity index (χ0) is 13.5. The van der Waals surface area contributed by atoms with Crippen molar-refractivity contribution in [1.82, 2.24) is 9.97 Å². The maximum atomic E-state index is 6.11. The van der Waals surface area contributed by atoms with Crippen LogP contribution in [0.1, 0.15) is 29.7 Å². The topological polar surface area (TPSA) is 38.9 Å². The van der Waals surface area contributed by atoms with Gasteiger partial charge >= 0.3 is 0 Å². The summed E-state index contributed by atoms with van der Waals surface area (Å²) in [7, 11) is 0. The van der Waals surface area contributed by atoms with Crippen molar-refractivity contribution >= 4 is 11.1 Å². The molecule has 0 unspecified atom stereocenters. The highest BCUT2D eigenvalue weighted by molar-refractivity contribution is 5.91. The molecule has 0 radical (unpaired) electrons. The molecule has 3 aromatic rings. The van der Waals surface area contributed by atoms with Gasteiger partial charge in [0.15, 0.2) is 5.58 Å². The second kappa shape index (κ2) is 4.44. The molecule has 0 bridgehead atoms. The minimum absolute atomic E-state index is 0.900. The Kier molecular flexibility index (Phi) is 2.59. The van der Waals surface area contributed by atoms with Crippen molar-refractivity contribution in [1.29, 1.82) is 0 Å². The van der Waals surface area contributed by atoms with E-state index < -0.39 is 0 Å². The third kappa shape index (κ3) is 1.73. The highest BCUT2D eigenvalue weighted by Gasteiger charge is 2.21. The second-order valence-corrected chi connectivity index (χ2v) is 5.47. The average Bonchev–Trinajstić information content (AvgIpc) is 2.86. The molecular formula is C17H16N2O. The Morgan fingerprint density at radius 2 is 1.90 bits per heavy atom. The van der Waals surface area contributed by atoms with Crippen LogP contribution in [0.5, 0.6) is 0 Å². The van der Waals surface area contributed by atoms with Crippen LogP contribution in [0.25, 0.3) is 22.4 Å². The molecule has 1 aliphatic rings. The normalized spacial score (nSPS) is 14.4. The standard InChI is InChI=1S/C17H16N2O/c1-11-6-8-18-14(10-11)12-7-9-19-16-13-4-2-3-5-15(13)20-17(12)16/h6-10H,2-5H2,1H3. The molecule has 100 valence electrons. The van der Waals surface area contributed by atoms with Gasteiger partial charge in [0, 0.05) is 29.9 Å². The quantitative estimate of drug-likeness (QED) is 0.665. The average molecular weight is 264 g/mol. The fourth-order valence-corrected chi connectivity index (χ4v) is 3.02. The van der Waals surface area contributed by atoms with Gasteiger partial charge in [-0.1, -0.05) is 0 Å². The van der Waals surface area contributed by atoms with Crippen LogP contribution in [0, 0.1) is 6.92 Å². The summed E-state index contributed by atoms with van der Waals surface area (Å²) in [5, 5.41) is 0. The number of rotatable bonds is 1. The Morgan fingerprint density at radius 1 is 1.05 bits per heavy atom. The molecule has 3 nitrogen and oxygen atoms in total. The molecule has 3 heterocycles. The molecule has 0 N–H and O–H groups in total. The minimum atomic E-state index is 0.900. The van der Waals surface area contributed by atoms with E-state index in [0.29, 0.717) is 0 Å². The number of aromatic nitrogens is 2. The molecule has 20 heavy (non-hydrogen) atoms. The molecule has 3 heteroatoms. The molecule has 0 aromatic carbocycles. The molecule has 0 amide bonds. The van der Waals surface area contributed by atoms with Gasteiger partial charge in [0.2, 0.25) is 0 Å². The summed E-state index contributed by atoms with van der Waals surface area (Å²) in [5.41, 5.74) is 6.45. The third-order valence-corrected chi connectivity index (χ3v) is 4.02. The van der Waals surface area contributed by atoms with Crippen LogP contribution in [-0.4, -0.2) is 9.97 Å². The largest absolute Gasteiger partial charge is 0.458 e. The van der Waals surface area contributed by atoms with Crippen molar-refractivity contribution in [2.24, 2.45) is 0 Å². The summed E-state index contributed by atoms with van der Waals surface area (Å²) >= 11 is 0. The molecule has 4 rings (SSSR count). The van der Waals surface area contributed by atoms with E-state index in [1.54, 1.807) is 0 Å². The molecule has 0 fully saturated rings. The van der Waals surface area contributed by atoms with E-state index in [1.165, 1.54) is 24.0 Å². The molecule has 0 spiro atoms. The van der Waals surface area contributed by atoms with Crippen LogP contribution < -0.4 is 0 Å². The first-order chi connectivity index (χ1) is 9.83. The lowest BCUT2D eigenvalue weighted by atomic mass is 9.97. The summed E-state index contributed by atoms with van der Waals surface area (Å²) in [6.45, 7) is 2.08. The SMILES string of the molecule is Cc1ccnc(-c2ccnc3c4c(oc23)CCCC4)c1. The van der Waals surface area contributed by atoms with E-state index in [-0.39, 0.29) is 0 Å². The number of hydrogen-bond acceptors (Lipinski definition) is 3. The molecule has 0 atom stereocenters. The van der Waals surface area contributed by atoms with Crippen molar-refractivity contribution in [3.63, 3.8) is 0 Å². The van der Waals surface area contributed by atoms with Gasteiger partial charge in [-0.05, 0) is 49.9 Å². The number of nitrogens with zero attached hydrogens (tertiary/aromatic N) is 2. The van der Waals surface area contributed by atoms with E-state index in [0.717, 1.165) is 41.0 Å². The lowest BCUT2D eigenvalue weighted by Crippen LogP contribution is -1.98. The highest BCUT2D eigenvalue weighted by atomic mass is 16.3. The number of fused-ring (bicyclic) bond motifs is 3. The van der Waals surface area contributed by atoms with Gasteiger partial charge in [-0.15, -0.1) is 0 Å². The molecule has 1 aliphatic carbocycles. The number of furan rings is 1. The number of aryl methyl sites for hydroxylation is 3. The first kappa shape index (κ1) is 11.6. The smallest absolute Gasteiger partial charge is 0.162 e. The zero-order valence-corrected chi connectivity index (χ0v) is 11.5. The van der Waals surface area contributed by atoms with Crippen molar-refractivity contribution in [3.05, 3.63) is 47.5 Å². The first-order valence-electron chi connectivity index (χ1n) is 7.15. The molecule has 0 saturated carbocycles. The second-order valence-electron chi connectivity index (χ2n) is 5.47. The maximum Gasteiger partial charge on any atom is 0.162 e. The zero-order valence-electron chi connectivity index (χ0n) is 11.5. The molecule has 3 aromatic heterocycles. The van der Waals surface area contributed by atoms with E-state index in [2.05, 4.69) is 23.0 Å². The Labute approximate surface area is 117 Å². The van der Waals surface area contributed by atoms with Crippen molar-refractivity contribution in [2.45, 2.75) is 32.6 Å².